The van der Waals surface area contributed by atoms with Crippen molar-refractivity contribution in [3.8, 4) is 11.5 Å². The highest BCUT2D eigenvalue weighted by molar-refractivity contribution is 8.26. The molecule has 3 heterocycles. The van der Waals surface area contributed by atoms with Gasteiger partial charge in [0.25, 0.3) is 11.5 Å². The number of aromatic nitrogens is 2. The molecule has 1 aliphatic rings. The van der Waals surface area contributed by atoms with Crippen molar-refractivity contribution < 1.29 is 14.3 Å². The number of fused-ring (bicyclic) bond motifs is 1. The van der Waals surface area contributed by atoms with Crippen molar-refractivity contribution >= 4 is 51.7 Å². The first-order valence-electron chi connectivity index (χ1n) is 11.1. The summed E-state index contributed by atoms with van der Waals surface area (Å²) < 4.78 is 12.6. The molecule has 0 unspecified atom stereocenters. The Hall–Kier alpha value is -3.37. The Labute approximate surface area is 212 Å². The lowest BCUT2D eigenvalue weighted by molar-refractivity contribution is -0.122. The highest BCUT2D eigenvalue weighted by Gasteiger charge is 2.32. The fourth-order valence-corrected chi connectivity index (χ4v) is 5.01. The molecule has 2 aromatic heterocycles. The van der Waals surface area contributed by atoms with E-state index in [-0.39, 0.29) is 17.5 Å². The Kier molecular flexibility index (Phi) is 7.42. The van der Waals surface area contributed by atoms with Crippen molar-refractivity contribution in [1.82, 2.24) is 14.3 Å². The van der Waals surface area contributed by atoms with Gasteiger partial charge in [-0.3, -0.25) is 18.9 Å². The zero-order valence-corrected chi connectivity index (χ0v) is 21.5. The third kappa shape index (κ3) is 5.18. The summed E-state index contributed by atoms with van der Waals surface area (Å²) in [6.45, 7) is 4.33. The van der Waals surface area contributed by atoms with Gasteiger partial charge in [0.15, 0.2) is 11.5 Å². The number of hydrogen-bond donors (Lipinski definition) is 1. The van der Waals surface area contributed by atoms with Crippen LogP contribution in [-0.2, 0) is 11.2 Å². The summed E-state index contributed by atoms with van der Waals surface area (Å²) in [6, 6.07) is 11.1. The third-order valence-corrected chi connectivity index (χ3v) is 6.79. The Morgan fingerprint density at radius 1 is 1.14 bits per heavy atom. The van der Waals surface area contributed by atoms with Crippen LogP contribution >= 0.6 is 24.0 Å². The molecule has 1 N–H and O–H groups in total. The molecule has 8 nitrogen and oxygen atoms in total. The molecule has 0 saturated carbocycles. The molecule has 35 heavy (non-hydrogen) atoms. The summed E-state index contributed by atoms with van der Waals surface area (Å²) in [5, 5.41) is 3.23. The second kappa shape index (κ2) is 10.5. The predicted molar refractivity (Wildman–Crippen MR) is 143 cm³/mol. The van der Waals surface area contributed by atoms with Crippen LogP contribution in [0, 0.1) is 0 Å². The van der Waals surface area contributed by atoms with Crippen LogP contribution in [0.5, 0.6) is 11.5 Å². The first kappa shape index (κ1) is 24.7. The minimum atomic E-state index is -0.255. The van der Waals surface area contributed by atoms with Crippen LogP contribution in [0.1, 0.15) is 25.0 Å². The van der Waals surface area contributed by atoms with E-state index in [9.17, 15) is 9.59 Å². The SMILES string of the molecule is COc1ccc(CCN2C(=O)C(=Cc3c(NC(C)C)nc4ccccn4c3=O)SC2=S)cc1OC. The number of nitrogens with one attached hydrogen (secondary N) is 1. The van der Waals surface area contributed by atoms with Gasteiger partial charge in [-0.05, 0) is 56.2 Å². The smallest absolute Gasteiger partial charge is 0.267 e. The van der Waals surface area contributed by atoms with Gasteiger partial charge in [-0.1, -0.05) is 36.1 Å². The van der Waals surface area contributed by atoms with Gasteiger partial charge in [0, 0.05) is 18.8 Å². The van der Waals surface area contributed by atoms with Gasteiger partial charge < -0.3 is 14.8 Å². The fourth-order valence-electron chi connectivity index (χ4n) is 3.72. The first-order chi connectivity index (χ1) is 16.8. The third-order valence-electron chi connectivity index (χ3n) is 5.42. The summed E-state index contributed by atoms with van der Waals surface area (Å²) in [4.78, 5) is 33.0. The molecule has 0 bridgehead atoms. The fraction of sp³-hybridized carbons (Fsp3) is 0.280. The molecule has 0 atom stereocenters. The lowest BCUT2D eigenvalue weighted by atomic mass is 10.1. The van der Waals surface area contributed by atoms with Crippen molar-refractivity contribution in [3.05, 3.63) is 69.0 Å². The Bertz CT molecular complexity index is 1380. The molecule has 4 rings (SSSR count). The molecular formula is C25H26N4O4S2. The number of methoxy groups -OCH3 is 2. The van der Waals surface area contributed by atoms with E-state index >= 15 is 0 Å². The maximum absolute atomic E-state index is 13.3. The quantitative estimate of drug-likeness (QED) is 0.360. The number of nitrogens with zero attached hydrogens (tertiary/aromatic N) is 3. The zero-order chi connectivity index (χ0) is 25.1. The predicted octanol–water partition coefficient (Wildman–Crippen LogP) is 3.98. The standard InChI is InChI=1S/C25H26N4O4S2/c1-15(2)26-22-17(23(30)28-11-6-5-7-21(28)27-22)14-20-24(31)29(25(34)35-20)12-10-16-8-9-18(32-3)19(13-16)33-4/h5-9,11,13-15,26H,10,12H2,1-4H3. The van der Waals surface area contributed by atoms with E-state index in [1.54, 1.807) is 43.5 Å². The van der Waals surface area contributed by atoms with Gasteiger partial charge in [0.1, 0.15) is 15.8 Å². The average molecular weight is 511 g/mol. The topological polar surface area (TPSA) is 85.2 Å². The van der Waals surface area contributed by atoms with Crippen LogP contribution in [0.15, 0.2) is 52.3 Å². The molecule has 0 radical (unpaired) electrons. The maximum Gasteiger partial charge on any atom is 0.267 e. The molecule has 1 amide bonds. The van der Waals surface area contributed by atoms with E-state index in [4.69, 9.17) is 21.7 Å². The lowest BCUT2D eigenvalue weighted by Crippen LogP contribution is -2.30. The minimum absolute atomic E-state index is 0.0520. The van der Waals surface area contributed by atoms with Gasteiger partial charge in [-0.15, -0.1) is 0 Å². The maximum atomic E-state index is 13.3. The molecule has 1 aromatic carbocycles. The number of ether oxygens (including phenoxy) is 2. The van der Waals surface area contributed by atoms with Crippen LogP contribution in [0.3, 0.4) is 0 Å². The van der Waals surface area contributed by atoms with Gasteiger partial charge in [0.2, 0.25) is 0 Å². The second-order valence-corrected chi connectivity index (χ2v) is 9.86. The molecule has 1 fully saturated rings. The number of hydrogen-bond acceptors (Lipinski definition) is 8. The molecule has 0 aliphatic carbocycles. The van der Waals surface area contributed by atoms with Crippen molar-refractivity contribution in [3.63, 3.8) is 0 Å². The van der Waals surface area contributed by atoms with Gasteiger partial charge in [-0.25, -0.2) is 4.98 Å². The van der Waals surface area contributed by atoms with E-state index in [2.05, 4.69) is 10.3 Å². The van der Waals surface area contributed by atoms with Gasteiger partial charge in [-0.2, -0.15) is 0 Å². The molecule has 10 heteroatoms. The highest BCUT2D eigenvalue weighted by Crippen LogP contribution is 2.34. The number of rotatable bonds is 8. The highest BCUT2D eigenvalue weighted by atomic mass is 32.2. The average Bonchev–Trinajstić information content (AvgIpc) is 3.11. The normalized spacial score (nSPS) is 14.9. The number of amides is 1. The number of pyridine rings is 1. The largest absolute Gasteiger partial charge is 0.493 e. The van der Waals surface area contributed by atoms with Crippen LogP contribution in [0.4, 0.5) is 5.82 Å². The summed E-state index contributed by atoms with van der Waals surface area (Å²) in [6.07, 6.45) is 3.84. The van der Waals surface area contributed by atoms with Crippen molar-refractivity contribution in [2.75, 3.05) is 26.1 Å². The molecule has 182 valence electrons. The second-order valence-electron chi connectivity index (χ2n) is 8.18. The van der Waals surface area contributed by atoms with Gasteiger partial charge in [0.05, 0.1) is 24.7 Å². The number of thioether (sulfide) groups is 1. The Morgan fingerprint density at radius 2 is 1.91 bits per heavy atom. The number of benzene rings is 1. The molecule has 1 aliphatic heterocycles. The summed E-state index contributed by atoms with van der Waals surface area (Å²) in [7, 11) is 3.17. The number of anilines is 1. The Balaban J connectivity index is 1.61. The van der Waals surface area contributed by atoms with Crippen LogP contribution < -0.4 is 20.3 Å². The monoisotopic (exact) mass is 510 g/mol. The number of carbonyl (C=O) groups excluding carboxylic acids is 1. The van der Waals surface area contributed by atoms with Crippen LogP contribution in [0.2, 0.25) is 0 Å². The van der Waals surface area contributed by atoms with E-state index in [0.717, 1.165) is 5.56 Å². The zero-order valence-electron chi connectivity index (χ0n) is 19.9. The van der Waals surface area contributed by atoms with E-state index in [1.165, 1.54) is 16.2 Å². The van der Waals surface area contributed by atoms with Crippen LogP contribution in [0.25, 0.3) is 11.7 Å². The molecule has 0 spiro atoms. The number of thiocarbonyl (C=S) groups is 1. The summed E-state index contributed by atoms with van der Waals surface area (Å²) in [5.41, 5.74) is 1.58. The minimum Gasteiger partial charge on any atom is -0.493 e. The Morgan fingerprint density at radius 3 is 2.63 bits per heavy atom. The van der Waals surface area contributed by atoms with Crippen molar-refractivity contribution in [1.29, 1.82) is 0 Å². The van der Waals surface area contributed by atoms with Gasteiger partial charge >= 0.3 is 0 Å². The first-order valence-corrected chi connectivity index (χ1v) is 12.3. The lowest BCUT2D eigenvalue weighted by Gasteiger charge is -2.15. The number of carbonyl (C=O) groups is 1. The van der Waals surface area contributed by atoms with Crippen molar-refractivity contribution in [2.24, 2.45) is 0 Å². The molecule has 1 saturated heterocycles. The molecule has 3 aromatic rings. The van der Waals surface area contributed by atoms with Crippen molar-refractivity contribution in [2.45, 2.75) is 26.3 Å². The molecular weight excluding hydrogens is 484 g/mol. The van der Waals surface area contributed by atoms with E-state index < -0.39 is 0 Å². The summed E-state index contributed by atoms with van der Waals surface area (Å²) >= 11 is 6.68. The van der Waals surface area contributed by atoms with E-state index in [1.807, 2.05) is 38.1 Å². The summed E-state index contributed by atoms with van der Waals surface area (Å²) in [5.74, 6) is 1.48. The van der Waals surface area contributed by atoms with E-state index in [0.29, 0.717) is 50.7 Å². The van der Waals surface area contributed by atoms with Crippen LogP contribution in [-0.4, -0.2) is 51.3 Å².